The molecule has 21 heavy (non-hydrogen) atoms. The SMILES string of the molecule is O=C(O)CCC(C(=O)O)[NH+]([O-])CCCCC[C@@H]1CCSS1. The fourth-order valence-electron chi connectivity index (χ4n) is 2.28. The van der Waals surface area contributed by atoms with Crippen LogP contribution in [-0.4, -0.2) is 45.7 Å². The standard InChI is InChI=1S/C13H23NO5S2/c15-12(16)6-5-11(13(17)18)14(19)8-3-1-2-4-10-7-9-20-21-10/h10-11,14H,1-9H2,(H,15,16)(H,17,18)/t10-,11?/m1/s1. The van der Waals surface area contributed by atoms with Gasteiger partial charge in [-0.3, -0.25) is 4.79 Å². The van der Waals surface area contributed by atoms with Gasteiger partial charge in [0, 0.05) is 17.4 Å². The first-order valence-electron chi connectivity index (χ1n) is 7.26. The molecule has 0 bridgehead atoms. The van der Waals surface area contributed by atoms with Gasteiger partial charge >= 0.3 is 11.9 Å². The number of carboxylic acids is 2. The second-order valence-electron chi connectivity index (χ2n) is 5.22. The summed E-state index contributed by atoms with van der Waals surface area (Å²) in [7, 11) is 3.86. The number of quaternary nitrogens is 1. The van der Waals surface area contributed by atoms with Gasteiger partial charge in [-0.25, -0.2) is 4.79 Å². The number of hydrogen-bond acceptors (Lipinski definition) is 5. The molecule has 2 unspecified atom stereocenters. The molecule has 3 N–H and O–H groups in total. The minimum atomic E-state index is -1.21. The van der Waals surface area contributed by atoms with Gasteiger partial charge < -0.3 is 20.5 Å². The summed E-state index contributed by atoms with van der Waals surface area (Å²) in [5, 5.41) is 29.8. The highest BCUT2D eigenvalue weighted by Gasteiger charge is 2.24. The van der Waals surface area contributed by atoms with Crippen LogP contribution in [0.4, 0.5) is 0 Å². The van der Waals surface area contributed by atoms with E-state index in [0.717, 1.165) is 24.5 Å². The summed E-state index contributed by atoms with van der Waals surface area (Å²) in [6.07, 6.45) is 4.72. The molecule has 122 valence electrons. The smallest absolute Gasteiger partial charge is 0.362 e. The number of unbranched alkanes of at least 4 members (excludes halogenated alkanes) is 2. The zero-order chi connectivity index (χ0) is 15.7. The molecule has 1 aliphatic rings. The molecular formula is C13H23NO5S2. The molecule has 1 aliphatic heterocycles. The van der Waals surface area contributed by atoms with Crippen LogP contribution in [-0.2, 0) is 9.59 Å². The van der Waals surface area contributed by atoms with Gasteiger partial charge in [-0.15, -0.1) is 0 Å². The number of hydroxylamine groups is 2. The molecule has 0 radical (unpaired) electrons. The third kappa shape index (κ3) is 7.94. The molecule has 0 aromatic heterocycles. The number of carboxylic acid groups (broad SMARTS) is 2. The van der Waals surface area contributed by atoms with E-state index in [0.29, 0.717) is 6.42 Å². The Balaban J connectivity index is 2.15. The number of rotatable bonds is 11. The van der Waals surface area contributed by atoms with Crippen LogP contribution >= 0.6 is 21.6 Å². The van der Waals surface area contributed by atoms with Gasteiger partial charge in [0.15, 0.2) is 6.04 Å². The second-order valence-corrected chi connectivity index (χ2v) is 8.01. The normalized spacial score (nSPS) is 21.1. The minimum absolute atomic E-state index is 0.112. The van der Waals surface area contributed by atoms with Crippen molar-refractivity contribution in [3.05, 3.63) is 5.21 Å². The van der Waals surface area contributed by atoms with E-state index >= 15 is 0 Å². The van der Waals surface area contributed by atoms with E-state index in [9.17, 15) is 14.8 Å². The monoisotopic (exact) mass is 337 g/mol. The second kappa shape index (κ2) is 10.3. The van der Waals surface area contributed by atoms with Crippen molar-refractivity contribution in [1.29, 1.82) is 0 Å². The van der Waals surface area contributed by atoms with Gasteiger partial charge in [0.2, 0.25) is 0 Å². The van der Waals surface area contributed by atoms with E-state index in [4.69, 9.17) is 10.2 Å². The van der Waals surface area contributed by atoms with Crippen LogP contribution in [0.3, 0.4) is 0 Å². The summed E-state index contributed by atoms with van der Waals surface area (Å²) in [6, 6.07) is -1.16. The average molecular weight is 337 g/mol. The Bertz CT molecular complexity index is 337. The molecule has 6 nitrogen and oxygen atoms in total. The van der Waals surface area contributed by atoms with Crippen LogP contribution in [0.15, 0.2) is 0 Å². The Morgan fingerprint density at radius 3 is 2.62 bits per heavy atom. The largest absolute Gasteiger partial charge is 0.634 e. The van der Waals surface area contributed by atoms with Crippen LogP contribution in [0, 0.1) is 5.21 Å². The van der Waals surface area contributed by atoms with Crippen LogP contribution < -0.4 is 5.06 Å². The van der Waals surface area contributed by atoms with Gasteiger partial charge in [0.25, 0.3) is 0 Å². The molecule has 0 saturated carbocycles. The van der Waals surface area contributed by atoms with Gasteiger partial charge in [-0.05, 0) is 25.7 Å². The van der Waals surface area contributed by atoms with E-state index < -0.39 is 18.0 Å². The lowest BCUT2D eigenvalue weighted by molar-refractivity contribution is -0.866. The molecule has 1 heterocycles. The Kier molecular flexibility index (Phi) is 9.14. The molecule has 8 heteroatoms. The van der Waals surface area contributed by atoms with Crippen LogP contribution in [0.2, 0.25) is 0 Å². The van der Waals surface area contributed by atoms with Gasteiger partial charge in [-0.2, -0.15) is 0 Å². The van der Waals surface area contributed by atoms with E-state index in [1.165, 1.54) is 12.2 Å². The van der Waals surface area contributed by atoms with Crippen LogP contribution in [0.1, 0.15) is 44.9 Å². The molecule has 0 aliphatic carbocycles. The van der Waals surface area contributed by atoms with Crippen molar-refractivity contribution in [2.75, 3.05) is 12.3 Å². The predicted octanol–water partition coefficient (Wildman–Crippen LogP) is 1.40. The zero-order valence-corrected chi connectivity index (χ0v) is 13.6. The first-order chi connectivity index (χ1) is 10.0. The van der Waals surface area contributed by atoms with E-state index in [-0.39, 0.29) is 24.4 Å². The maximum absolute atomic E-state index is 11.8. The zero-order valence-electron chi connectivity index (χ0n) is 12.0. The van der Waals surface area contributed by atoms with Crippen LogP contribution in [0.5, 0.6) is 0 Å². The van der Waals surface area contributed by atoms with Crippen LogP contribution in [0.25, 0.3) is 0 Å². The lowest BCUT2D eigenvalue weighted by atomic mass is 10.1. The number of aliphatic carboxylic acids is 2. The predicted molar refractivity (Wildman–Crippen MR) is 84.4 cm³/mol. The van der Waals surface area contributed by atoms with Gasteiger partial charge in [0.1, 0.15) is 0 Å². The molecule has 1 rings (SSSR count). The third-order valence-corrected chi connectivity index (χ3v) is 6.52. The van der Waals surface area contributed by atoms with Gasteiger partial charge in [-0.1, -0.05) is 28.0 Å². The third-order valence-electron chi connectivity index (χ3n) is 3.51. The maximum Gasteiger partial charge on any atom is 0.362 e. The summed E-state index contributed by atoms with van der Waals surface area (Å²) < 4.78 is 0. The van der Waals surface area contributed by atoms with Crippen molar-refractivity contribution in [3.8, 4) is 0 Å². The molecule has 1 fully saturated rings. The fourth-order valence-corrected chi connectivity index (χ4v) is 5.30. The molecule has 0 aromatic rings. The molecule has 3 atom stereocenters. The summed E-state index contributed by atoms with van der Waals surface area (Å²) in [6.45, 7) is 0.239. The summed E-state index contributed by atoms with van der Waals surface area (Å²) >= 11 is 0. The minimum Gasteiger partial charge on any atom is -0.634 e. The fraction of sp³-hybridized carbons (Fsp3) is 0.846. The molecule has 0 spiro atoms. The summed E-state index contributed by atoms with van der Waals surface area (Å²) in [4.78, 5) is 21.5. The number of nitrogens with one attached hydrogen (secondary N) is 1. The molecular weight excluding hydrogens is 314 g/mol. The summed E-state index contributed by atoms with van der Waals surface area (Å²) in [5.74, 6) is -1.06. The molecule has 0 aromatic carbocycles. The first kappa shape index (κ1) is 18.6. The summed E-state index contributed by atoms with van der Waals surface area (Å²) in [5.41, 5.74) is 0. The highest BCUT2D eigenvalue weighted by Crippen LogP contribution is 2.39. The van der Waals surface area contributed by atoms with Crippen molar-refractivity contribution in [2.45, 2.75) is 56.2 Å². The van der Waals surface area contributed by atoms with Crippen molar-refractivity contribution >= 4 is 33.5 Å². The lowest BCUT2D eigenvalue weighted by Crippen LogP contribution is -3.12. The first-order valence-corrected chi connectivity index (χ1v) is 9.64. The van der Waals surface area contributed by atoms with Crippen molar-refractivity contribution in [2.24, 2.45) is 0 Å². The number of hydrogen-bond donors (Lipinski definition) is 3. The molecule has 1 saturated heterocycles. The average Bonchev–Trinajstić information content (AvgIpc) is 2.90. The Morgan fingerprint density at radius 1 is 1.29 bits per heavy atom. The van der Waals surface area contributed by atoms with Crippen molar-refractivity contribution in [3.63, 3.8) is 0 Å². The topological polar surface area (TPSA) is 102 Å². The number of carbonyl (C=O) groups is 2. The Labute approximate surface area is 132 Å². The maximum atomic E-state index is 11.8. The van der Waals surface area contributed by atoms with E-state index in [1.54, 1.807) is 0 Å². The highest BCUT2D eigenvalue weighted by molar-refractivity contribution is 8.77. The van der Waals surface area contributed by atoms with E-state index in [1.807, 2.05) is 21.6 Å². The Morgan fingerprint density at radius 2 is 2.05 bits per heavy atom. The highest BCUT2D eigenvalue weighted by atomic mass is 33.1. The van der Waals surface area contributed by atoms with Crippen molar-refractivity contribution in [1.82, 2.24) is 0 Å². The quantitative estimate of drug-likeness (QED) is 0.297. The lowest BCUT2D eigenvalue weighted by Gasteiger charge is -2.28. The van der Waals surface area contributed by atoms with Gasteiger partial charge in [0.05, 0.1) is 13.0 Å². The van der Waals surface area contributed by atoms with Crippen molar-refractivity contribution < 1.29 is 24.9 Å². The van der Waals surface area contributed by atoms with E-state index in [2.05, 4.69) is 0 Å². The Hall–Kier alpha value is -0.440. The molecule has 0 amide bonds.